The zero-order valence-corrected chi connectivity index (χ0v) is 17.2. The molecule has 9 nitrogen and oxygen atoms in total. The molecule has 0 saturated carbocycles. The van der Waals surface area contributed by atoms with Gasteiger partial charge in [0.15, 0.2) is 4.90 Å². The zero-order valence-electron chi connectivity index (χ0n) is 16.4. The number of nitrogens with one attached hydrogen (secondary N) is 1. The third kappa shape index (κ3) is 3.88. The average Bonchev–Trinajstić information content (AvgIpc) is 3.15. The van der Waals surface area contributed by atoms with E-state index in [1.165, 1.54) is 13.3 Å². The van der Waals surface area contributed by atoms with Crippen molar-refractivity contribution in [3.63, 3.8) is 0 Å². The van der Waals surface area contributed by atoms with Crippen molar-refractivity contribution >= 4 is 39.4 Å². The first-order valence-electron chi connectivity index (χ1n) is 8.95. The van der Waals surface area contributed by atoms with E-state index < -0.39 is 27.6 Å². The van der Waals surface area contributed by atoms with Crippen molar-refractivity contribution in [1.29, 1.82) is 0 Å². The quantitative estimate of drug-likeness (QED) is 0.273. The number of rotatable bonds is 6. The van der Waals surface area contributed by atoms with Gasteiger partial charge in [-0.25, -0.2) is 4.98 Å². The predicted molar refractivity (Wildman–Crippen MR) is 114 cm³/mol. The fraction of sp³-hybridized carbons (Fsp3) is 0.100. The number of halogens is 1. The van der Waals surface area contributed by atoms with E-state index in [4.69, 9.17) is 4.74 Å². The Morgan fingerprint density at radius 2 is 2.03 bits per heavy atom. The summed E-state index contributed by atoms with van der Waals surface area (Å²) >= 11 is -1.20. The van der Waals surface area contributed by atoms with Crippen LogP contribution in [0.4, 0.5) is 21.7 Å². The summed E-state index contributed by atoms with van der Waals surface area (Å²) in [6, 6.07) is 11.1. The van der Waals surface area contributed by atoms with Crippen molar-refractivity contribution < 1.29 is 18.6 Å². The highest BCUT2D eigenvalue weighted by atomic mass is 32.2. The number of hydrogen-bond donors (Lipinski definition) is 1. The molecule has 31 heavy (non-hydrogen) atoms. The van der Waals surface area contributed by atoms with Crippen molar-refractivity contribution in [2.45, 2.75) is 4.90 Å². The molecule has 158 valence electrons. The average molecular weight is 441 g/mol. The molecule has 4 rings (SSSR count). The van der Waals surface area contributed by atoms with Gasteiger partial charge >= 0.3 is 5.69 Å². The highest BCUT2D eigenvalue weighted by molar-refractivity contribution is 7.91. The second kappa shape index (κ2) is 8.20. The molecule has 0 aliphatic rings. The number of aromatic nitrogens is 3. The predicted octanol–water partition coefficient (Wildman–Crippen LogP) is 3.96. The molecule has 11 heteroatoms. The van der Waals surface area contributed by atoms with Gasteiger partial charge < -0.3 is 14.6 Å². The molecule has 2 heterocycles. The number of para-hydroxylation sites is 1. The summed E-state index contributed by atoms with van der Waals surface area (Å²) in [5, 5.41) is 14.8. The summed E-state index contributed by atoms with van der Waals surface area (Å²) in [6.45, 7) is 0. The largest absolute Gasteiger partial charge is 0.612 e. The van der Waals surface area contributed by atoms with E-state index in [2.05, 4.69) is 15.3 Å². The molecule has 2 aromatic carbocycles. The normalized spacial score (nSPS) is 12.0. The minimum absolute atomic E-state index is 0.0622. The summed E-state index contributed by atoms with van der Waals surface area (Å²) < 4.78 is 32.9. The molecule has 0 spiro atoms. The number of nitrogens with zero attached hydrogens (tertiary/aromatic N) is 4. The van der Waals surface area contributed by atoms with Crippen molar-refractivity contribution in [2.75, 3.05) is 18.7 Å². The molecule has 0 saturated heterocycles. The third-order valence-electron chi connectivity index (χ3n) is 4.58. The monoisotopic (exact) mass is 441 g/mol. The Kier molecular flexibility index (Phi) is 5.44. The maximum Gasteiger partial charge on any atom is 0.307 e. The van der Waals surface area contributed by atoms with E-state index in [0.717, 1.165) is 23.0 Å². The molecule has 0 aliphatic carbocycles. The van der Waals surface area contributed by atoms with Crippen molar-refractivity contribution in [2.24, 2.45) is 0 Å². The minimum atomic E-state index is -1.20. The lowest BCUT2D eigenvalue weighted by molar-refractivity contribution is -0.387. The number of methoxy groups -OCH3 is 1. The molecule has 0 radical (unpaired) electrons. The van der Waals surface area contributed by atoms with E-state index in [-0.39, 0.29) is 17.4 Å². The lowest BCUT2D eigenvalue weighted by atomic mass is 10.2. The number of benzene rings is 2. The Bertz CT molecular complexity index is 1290. The molecule has 0 amide bonds. The number of hydrogen-bond acceptors (Lipinski definition) is 7. The van der Waals surface area contributed by atoms with E-state index in [9.17, 15) is 19.1 Å². The van der Waals surface area contributed by atoms with Crippen LogP contribution in [0.3, 0.4) is 0 Å². The SMILES string of the molecule is COc1cc(F)c([N+](=O)[O-])cc1Nc1nccc(-n2cc([S+](C)[O-])c3ccccc32)n1. The highest BCUT2D eigenvalue weighted by Gasteiger charge is 2.20. The van der Waals surface area contributed by atoms with Gasteiger partial charge in [-0.2, -0.15) is 9.37 Å². The van der Waals surface area contributed by atoms with Crippen LogP contribution in [0.5, 0.6) is 5.75 Å². The molecule has 1 unspecified atom stereocenters. The number of ether oxygens (including phenoxy) is 1. The first-order chi connectivity index (χ1) is 14.9. The van der Waals surface area contributed by atoms with Crippen LogP contribution in [-0.2, 0) is 11.2 Å². The van der Waals surface area contributed by atoms with Gasteiger partial charge in [-0.15, -0.1) is 0 Å². The van der Waals surface area contributed by atoms with E-state index in [0.29, 0.717) is 10.7 Å². The van der Waals surface area contributed by atoms with Crippen molar-refractivity contribution in [3.8, 4) is 11.6 Å². The number of nitro benzene ring substituents is 1. The van der Waals surface area contributed by atoms with Gasteiger partial charge in [-0.05, 0) is 29.4 Å². The Morgan fingerprint density at radius 3 is 2.74 bits per heavy atom. The minimum Gasteiger partial charge on any atom is -0.612 e. The van der Waals surface area contributed by atoms with Gasteiger partial charge in [0.2, 0.25) is 11.8 Å². The van der Waals surface area contributed by atoms with Gasteiger partial charge in [0.25, 0.3) is 0 Å². The lowest BCUT2D eigenvalue weighted by Gasteiger charge is -2.11. The van der Waals surface area contributed by atoms with E-state index in [1.807, 2.05) is 24.3 Å². The summed E-state index contributed by atoms with van der Waals surface area (Å²) in [7, 11) is 1.32. The fourth-order valence-corrected chi connectivity index (χ4v) is 3.92. The molecule has 4 aromatic rings. The van der Waals surface area contributed by atoms with E-state index >= 15 is 0 Å². The van der Waals surface area contributed by atoms with Crippen LogP contribution in [0.15, 0.2) is 59.8 Å². The Labute approximate surface area is 178 Å². The summed E-state index contributed by atoms with van der Waals surface area (Å²) in [5.41, 5.74) is 0.249. The molecule has 2 aromatic heterocycles. The van der Waals surface area contributed by atoms with Crippen LogP contribution in [0.2, 0.25) is 0 Å². The second-order valence-electron chi connectivity index (χ2n) is 6.46. The standard InChI is InChI=1S/C20H16FN5O4S/c1-30-17-9-13(21)16(26(27)28)10-14(17)23-20-22-8-7-19(24-20)25-11-18(31(2)29)12-5-3-4-6-15(12)25/h3-11H,1-2H3,(H,22,23,24). The fourth-order valence-electron chi connectivity index (χ4n) is 3.18. The number of nitro groups is 1. The molecule has 0 aliphatic heterocycles. The maximum atomic E-state index is 13.9. The van der Waals surface area contributed by atoms with Crippen molar-refractivity contribution in [1.82, 2.24) is 14.5 Å². The van der Waals surface area contributed by atoms with E-state index in [1.54, 1.807) is 23.1 Å². The lowest BCUT2D eigenvalue weighted by Crippen LogP contribution is -2.04. The number of anilines is 2. The summed E-state index contributed by atoms with van der Waals surface area (Å²) in [4.78, 5) is 19.5. The number of fused-ring (bicyclic) bond motifs is 1. The molecule has 0 bridgehead atoms. The van der Waals surface area contributed by atoms with Crippen molar-refractivity contribution in [3.05, 3.63) is 70.8 Å². The first kappa shape index (κ1) is 20.6. The Hall–Kier alpha value is -3.70. The Balaban J connectivity index is 1.77. The van der Waals surface area contributed by atoms with Gasteiger partial charge in [0.1, 0.15) is 17.8 Å². The van der Waals surface area contributed by atoms with Gasteiger partial charge in [-0.1, -0.05) is 12.1 Å². The highest BCUT2D eigenvalue weighted by Crippen LogP contribution is 2.33. The smallest absolute Gasteiger partial charge is 0.307 e. The molecule has 0 fully saturated rings. The zero-order chi connectivity index (χ0) is 22.1. The topological polar surface area (TPSA) is 118 Å². The Morgan fingerprint density at radius 1 is 1.26 bits per heavy atom. The van der Waals surface area contributed by atoms with Crippen LogP contribution in [0, 0.1) is 15.9 Å². The van der Waals surface area contributed by atoms with Crippen LogP contribution >= 0.6 is 0 Å². The van der Waals surface area contributed by atoms with Crippen LogP contribution < -0.4 is 10.1 Å². The molecular weight excluding hydrogens is 425 g/mol. The third-order valence-corrected chi connectivity index (χ3v) is 5.53. The first-order valence-corrected chi connectivity index (χ1v) is 10.5. The van der Waals surface area contributed by atoms with Crippen LogP contribution in [0.25, 0.3) is 16.7 Å². The van der Waals surface area contributed by atoms with Gasteiger partial charge in [0.05, 0.1) is 34.8 Å². The molecule has 1 atom stereocenters. The summed E-state index contributed by atoms with van der Waals surface area (Å²) in [6.07, 6.45) is 4.86. The van der Waals surface area contributed by atoms with Crippen LogP contribution in [0.1, 0.15) is 0 Å². The van der Waals surface area contributed by atoms with Gasteiger partial charge in [0, 0.05) is 18.3 Å². The second-order valence-corrected chi connectivity index (χ2v) is 7.81. The van der Waals surface area contributed by atoms with Crippen LogP contribution in [-0.4, -0.2) is 37.4 Å². The summed E-state index contributed by atoms with van der Waals surface area (Å²) in [5.74, 6) is -0.345. The maximum absolute atomic E-state index is 13.9. The van der Waals surface area contributed by atoms with Gasteiger partial charge in [-0.3, -0.25) is 14.7 Å². The molecular formula is C20H16FN5O4S. The molecule has 1 N–H and O–H groups in total.